The SMILES string of the molecule is COc1ccccc1N1CC(C(=O)NC(Cc2ccccc2)c2nc3ccccc3[nH]2)CC1=O. The third kappa shape index (κ3) is 4.37. The minimum absolute atomic E-state index is 0.0898. The molecule has 0 radical (unpaired) electrons. The zero-order chi connectivity index (χ0) is 23.5. The Kier molecular flexibility index (Phi) is 5.99. The first-order valence-electron chi connectivity index (χ1n) is 11.3. The van der Waals surface area contributed by atoms with Crippen LogP contribution in [0.1, 0.15) is 23.9 Å². The number of aromatic nitrogens is 2. The molecule has 0 bridgehead atoms. The summed E-state index contributed by atoms with van der Waals surface area (Å²) in [6, 6.07) is 24.8. The number of carbonyl (C=O) groups is 2. The molecule has 3 aromatic carbocycles. The fraction of sp³-hybridized carbons (Fsp3) is 0.222. The average Bonchev–Trinajstić information content (AvgIpc) is 3.48. The molecule has 5 rings (SSSR count). The van der Waals surface area contributed by atoms with Crippen molar-refractivity contribution in [1.82, 2.24) is 15.3 Å². The quantitative estimate of drug-likeness (QED) is 0.442. The normalized spacial score (nSPS) is 16.6. The van der Waals surface area contributed by atoms with Gasteiger partial charge in [0.1, 0.15) is 11.6 Å². The van der Waals surface area contributed by atoms with Crippen molar-refractivity contribution >= 4 is 28.5 Å². The summed E-state index contributed by atoms with van der Waals surface area (Å²) in [6.07, 6.45) is 0.741. The summed E-state index contributed by atoms with van der Waals surface area (Å²) in [5, 5.41) is 3.16. The van der Waals surface area contributed by atoms with Crippen molar-refractivity contribution in [3.05, 3.63) is 90.3 Å². The molecule has 1 fully saturated rings. The van der Waals surface area contributed by atoms with E-state index >= 15 is 0 Å². The van der Waals surface area contributed by atoms with Crippen LogP contribution in [-0.2, 0) is 16.0 Å². The second-order valence-electron chi connectivity index (χ2n) is 8.47. The molecule has 2 atom stereocenters. The predicted octanol–water partition coefficient (Wildman–Crippen LogP) is 4.02. The minimum Gasteiger partial charge on any atom is -0.495 e. The molecule has 4 aromatic rings. The molecule has 0 saturated carbocycles. The number of aromatic amines is 1. The Morgan fingerprint density at radius 2 is 1.82 bits per heavy atom. The number of amides is 2. The first-order chi connectivity index (χ1) is 16.6. The number of anilines is 1. The van der Waals surface area contributed by atoms with Crippen LogP contribution in [0.5, 0.6) is 5.75 Å². The molecule has 7 nitrogen and oxygen atoms in total. The molecule has 0 spiro atoms. The van der Waals surface area contributed by atoms with Crippen LogP contribution in [0.25, 0.3) is 11.0 Å². The van der Waals surface area contributed by atoms with E-state index in [-0.39, 0.29) is 24.3 Å². The number of benzene rings is 3. The van der Waals surface area contributed by atoms with Gasteiger partial charge < -0.3 is 19.9 Å². The second-order valence-corrected chi connectivity index (χ2v) is 8.47. The van der Waals surface area contributed by atoms with Gasteiger partial charge in [0.2, 0.25) is 11.8 Å². The minimum atomic E-state index is -0.458. The van der Waals surface area contributed by atoms with Crippen molar-refractivity contribution < 1.29 is 14.3 Å². The third-order valence-electron chi connectivity index (χ3n) is 6.21. The van der Waals surface area contributed by atoms with E-state index in [1.807, 2.05) is 78.9 Å². The maximum atomic E-state index is 13.3. The molecule has 0 aliphatic carbocycles. The van der Waals surface area contributed by atoms with Crippen LogP contribution >= 0.6 is 0 Å². The molecular formula is C27H26N4O3. The zero-order valence-electron chi connectivity index (χ0n) is 18.9. The highest BCUT2D eigenvalue weighted by Crippen LogP contribution is 2.33. The van der Waals surface area contributed by atoms with Gasteiger partial charge in [0.15, 0.2) is 0 Å². The van der Waals surface area contributed by atoms with Crippen LogP contribution in [0.15, 0.2) is 78.9 Å². The number of ether oxygens (including phenoxy) is 1. The van der Waals surface area contributed by atoms with E-state index < -0.39 is 5.92 Å². The van der Waals surface area contributed by atoms with Crippen LogP contribution in [0.3, 0.4) is 0 Å². The molecule has 2 amide bonds. The van der Waals surface area contributed by atoms with Gasteiger partial charge in [-0.2, -0.15) is 0 Å². The highest BCUT2D eigenvalue weighted by molar-refractivity contribution is 6.01. The summed E-state index contributed by atoms with van der Waals surface area (Å²) in [5.41, 5.74) is 3.54. The number of carbonyl (C=O) groups excluding carboxylic acids is 2. The van der Waals surface area contributed by atoms with E-state index in [9.17, 15) is 9.59 Å². The summed E-state index contributed by atoms with van der Waals surface area (Å²) in [4.78, 5) is 35.9. The van der Waals surface area contributed by atoms with Gasteiger partial charge in [-0.15, -0.1) is 0 Å². The van der Waals surface area contributed by atoms with Gasteiger partial charge >= 0.3 is 0 Å². The van der Waals surface area contributed by atoms with Crippen LogP contribution in [0.4, 0.5) is 5.69 Å². The first-order valence-corrected chi connectivity index (χ1v) is 11.3. The first kappa shape index (κ1) is 21.7. The number of hydrogen-bond acceptors (Lipinski definition) is 4. The number of nitrogens with zero attached hydrogens (tertiary/aromatic N) is 2. The Labute approximate surface area is 197 Å². The molecule has 172 valence electrons. The van der Waals surface area contributed by atoms with Crippen LogP contribution < -0.4 is 15.0 Å². The molecule has 2 unspecified atom stereocenters. The van der Waals surface area contributed by atoms with Crippen molar-refractivity contribution in [2.75, 3.05) is 18.6 Å². The van der Waals surface area contributed by atoms with E-state index in [0.29, 0.717) is 30.2 Å². The van der Waals surface area contributed by atoms with Crippen LogP contribution in [-0.4, -0.2) is 35.4 Å². The second kappa shape index (κ2) is 9.39. The highest BCUT2D eigenvalue weighted by atomic mass is 16.5. The predicted molar refractivity (Wildman–Crippen MR) is 131 cm³/mol. The summed E-state index contributed by atoms with van der Waals surface area (Å²) in [6.45, 7) is 0.309. The third-order valence-corrected chi connectivity index (χ3v) is 6.21. The summed E-state index contributed by atoms with van der Waals surface area (Å²) in [5.74, 6) is 0.602. The average molecular weight is 455 g/mol. The van der Waals surface area contributed by atoms with E-state index in [0.717, 1.165) is 16.6 Å². The lowest BCUT2D eigenvalue weighted by Crippen LogP contribution is -2.37. The lowest BCUT2D eigenvalue weighted by molar-refractivity contribution is -0.127. The van der Waals surface area contributed by atoms with Gasteiger partial charge in [-0.1, -0.05) is 54.6 Å². The number of rotatable bonds is 7. The van der Waals surface area contributed by atoms with Gasteiger partial charge in [0, 0.05) is 13.0 Å². The van der Waals surface area contributed by atoms with Gasteiger partial charge in [0.25, 0.3) is 0 Å². The van der Waals surface area contributed by atoms with Crippen LogP contribution in [0, 0.1) is 5.92 Å². The Hall–Kier alpha value is -4.13. The van der Waals surface area contributed by atoms with E-state index in [1.54, 1.807) is 12.0 Å². The molecule has 2 heterocycles. The highest BCUT2D eigenvalue weighted by Gasteiger charge is 2.37. The van der Waals surface area contributed by atoms with Gasteiger partial charge in [-0.3, -0.25) is 9.59 Å². The molecule has 7 heteroatoms. The summed E-state index contributed by atoms with van der Waals surface area (Å²) >= 11 is 0. The van der Waals surface area contributed by atoms with Crippen molar-refractivity contribution in [2.24, 2.45) is 5.92 Å². The van der Waals surface area contributed by atoms with Crippen LogP contribution in [0.2, 0.25) is 0 Å². The largest absolute Gasteiger partial charge is 0.495 e. The topological polar surface area (TPSA) is 87.3 Å². The molecule has 1 saturated heterocycles. The number of methoxy groups -OCH3 is 1. The van der Waals surface area contributed by atoms with Gasteiger partial charge in [-0.05, 0) is 36.2 Å². The summed E-state index contributed by atoms with van der Waals surface area (Å²) in [7, 11) is 1.57. The molecule has 1 aromatic heterocycles. The molecule has 34 heavy (non-hydrogen) atoms. The number of para-hydroxylation sites is 4. The fourth-order valence-corrected chi connectivity index (χ4v) is 4.46. The molecule has 2 N–H and O–H groups in total. The number of hydrogen-bond donors (Lipinski definition) is 2. The lowest BCUT2D eigenvalue weighted by atomic mass is 10.0. The standard InChI is InChI=1S/C27H26N4O3/c1-34-24-14-8-7-13-23(24)31-17-19(16-25(31)32)27(33)30-22(15-18-9-3-2-4-10-18)26-28-20-11-5-6-12-21(20)29-26/h2-14,19,22H,15-17H2,1H3,(H,28,29)(H,30,33). The van der Waals surface area contributed by atoms with E-state index in [4.69, 9.17) is 9.72 Å². The lowest BCUT2D eigenvalue weighted by Gasteiger charge is -2.21. The maximum absolute atomic E-state index is 13.3. The van der Waals surface area contributed by atoms with Crippen molar-refractivity contribution in [3.8, 4) is 5.75 Å². The van der Waals surface area contributed by atoms with Gasteiger partial charge in [0.05, 0.1) is 35.8 Å². The number of imidazole rings is 1. The number of nitrogens with one attached hydrogen (secondary N) is 2. The maximum Gasteiger partial charge on any atom is 0.227 e. The molecule has 1 aliphatic rings. The zero-order valence-corrected chi connectivity index (χ0v) is 18.9. The smallest absolute Gasteiger partial charge is 0.227 e. The number of H-pyrrole nitrogens is 1. The Balaban J connectivity index is 1.37. The van der Waals surface area contributed by atoms with Crippen molar-refractivity contribution in [3.63, 3.8) is 0 Å². The fourth-order valence-electron chi connectivity index (χ4n) is 4.46. The van der Waals surface area contributed by atoms with Crippen molar-refractivity contribution in [1.29, 1.82) is 0 Å². The van der Waals surface area contributed by atoms with Crippen molar-refractivity contribution in [2.45, 2.75) is 18.9 Å². The Morgan fingerprint density at radius 3 is 2.62 bits per heavy atom. The van der Waals surface area contributed by atoms with E-state index in [2.05, 4.69) is 10.3 Å². The summed E-state index contributed by atoms with van der Waals surface area (Å²) < 4.78 is 5.41. The van der Waals surface area contributed by atoms with E-state index in [1.165, 1.54) is 0 Å². The molecular weight excluding hydrogens is 428 g/mol. The van der Waals surface area contributed by atoms with Gasteiger partial charge in [-0.25, -0.2) is 4.98 Å². The number of fused-ring (bicyclic) bond motifs is 1. The Bertz CT molecular complexity index is 1280. The Morgan fingerprint density at radius 1 is 1.09 bits per heavy atom. The monoisotopic (exact) mass is 454 g/mol. The molecule has 1 aliphatic heterocycles.